The molecule has 4 rings (SSSR count). The number of likely N-dealkylation sites (tertiary alicyclic amines) is 2. The first-order valence-corrected chi connectivity index (χ1v) is 12.1. The van der Waals surface area contributed by atoms with E-state index in [-0.39, 0.29) is 11.3 Å². The van der Waals surface area contributed by atoms with Crippen molar-refractivity contribution in [3.8, 4) is 0 Å². The zero-order valence-corrected chi connectivity index (χ0v) is 19.4. The molecule has 159 valence electrons. The molecule has 2 aliphatic rings. The maximum absolute atomic E-state index is 13.2. The van der Waals surface area contributed by atoms with Gasteiger partial charge in [-0.3, -0.25) is 9.59 Å². The molecular formula is C23H27BrN3O2S. The van der Waals surface area contributed by atoms with Gasteiger partial charge in [0.25, 0.3) is 0 Å². The topological polar surface area (TPSA) is 66.6 Å². The van der Waals surface area contributed by atoms with Crippen LogP contribution in [0.4, 0.5) is 0 Å². The highest BCUT2D eigenvalue weighted by molar-refractivity contribution is 9.10. The number of hydrogen-bond donors (Lipinski definition) is 1. The van der Waals surface area contributed by atoms with E-state index in [1.54, 1.807) is 17.4 Å². The molecule has 30 heavy (non-hydrogen) atoms. The highest BCUT2D eigenvalue weighted by Crippen LogP contribution is 2.42. The Morgan fingerprint density at radius 3 is 2.53 bits per heavy atom. The van der Waals surface area contributed by atoms with Crippen LogP contribution in [0.2, 0.25) is 0 Å². The minimum absolute atomic E-state index is 0.164. The first-order valence-electron chi connectivity index (χ1n) is 10.4. The Balaban J connectivity index is 1.25. The second kappa shape index (κ2) is 9.20. The van der Waals surface area contributed by atoms with E-state index in [9.17, 15) is 9.59 Å². The normalized spacial score (nSPS) is 19.0. The number of halogens is 1. The van der Waals surface area contributed by atoms with Crippen LogP contribution in [-0.4, -0.2) is 47.8 Å². The quantitative estimate of drug-likeness (QED) is 0.638. The smallest absolute Gasteiger partial charge is 0.249 e. The number of benzene rings is 1. The minimum atomic E-state index is -0.366. The second-order valence-corrected chi connectivity index (χ2v) is 10.1. The van der Waals surface area contributed by atoms with Crippen molar-refractivity contribution in [1.29, 1.82) is 0 Å². The molecule has 1 aromatic carbocycles. The van der Waals surface area contributed by atoms with Crippen LogP contribution in [-0.2, 0) is 11.3 Å². The summed E-state index contributed by atoms with van der Waals surface area (Å²) in [6.07, 6.45) is 5.84. The van der Waals surface area contributed by atoms with Gasteiger partial charge in [0.15, 0.2) is 0 Å². The van der Waals surface area contributed by atoms with Crippen LogP contribution in [0.25, 0.3) is 0 Å². The van der Waals surface area contributed by atoms with Gasteiger partial charge in [-0.05, 0) is 74.5 Å². The van der Waals surface area contributed by atoms with Crippen molar-refractivity contribution < 1.29 is 9.59 Å². The van der Waals surface area contributed by atoms with Crippen molar-refractivity contribution in [1.82, 2.24) is 9.80 Å². The molecular weight excluding hydrogens is 462 g/mol. The van der Waals surface area contributed by atoms with Gasteiger partial charge < -0.3 is 15.5 Å². The fourth-order valence-corrected chi connectivity index (χ4v) is 5.71. The molecule has 1 aromatic heterocycles. The third-order valence-electron chi connectivity index (χ3n) is 6.44. The molecule has 0 bridgehead atoms. The number of thiophene rings is 1. The summed E-state index contributed by atoms with van der Waals surface area (Å²) in [5, 5.41) is 1.91. The number of carbonyl (C=O) groups excluding carboxylic acids is 2. The molecule has 2 aliphatic heterocycles. The van der Waals surface area contributed by atoms with Gasteiger partial charge in [0.05, 0.1) is 11.0 Å². The molecule has 2 aromatic rings. The second-order valence-electron chi connectivity index (χ2n) is 8.28. The molecule has 2 N–H and O–H groups in total. The molecule has 3 heterocycles. The molecule has 0 aliphatic carbocycles. The van der Waals surface area contributed by atoms with Gasteiger partial charge in [-0.15, -0.1) is 11.3 Å². The lowest BCUT2D eigenvalue weighted by Crippen LogP contribution is -2.44. The zero-order valence-electron chi connectivity index (χ0n) is 17.0. The van der Waals surface area contributed by atoms with Crippen LogP contribution in [0.1, 0.15) is 46.5 Å². The standard InChI is InChI=1S/C23H27BrN3O2S/c24-18-5-3-17(4-6-18)16-27-14-10-23(22(27)29)8-12-26(13-9-23)11-1-2-20-19(21(25)28)7-15-30-20/h2-7,15H,1,8-14,16H2,(H2,25,28). The van der Waals surface area contributed by atoms with E-state index in [2.05, 4.69) is 39.4 Å². The monoisotopic (exact) mass is 488 g/mol. The molecule has 0 saturated carbocycles. The number of piperidine rings is 1. The molecule has 2 fully saturated rings. The summed E-state index contributed by atoms with van der Waals surface area (Å²) in [5.41, 5.74) is 7.05. The third-order valence-corrected chi connectivity index (χ3v) is 7.88. The Kier molecular flexibility index (Phi) is 6.60. The molecule has 0 unspecified atom stereocenters. The zero-order chi connectivity index (χ0) is 21.1. The fraction of sp³-hybridized carbons (Fsp3) is 0.435. The Labute approximate surface area is 190 Å². The number of nitrogens with two attached hydrogens (primary N) is 1. The van der Waals surface area contributed by atoms with E-state index in [4.69, 9.17) is 5.73 Å². The fourth-order valence-electron chi connectivity index (χ4n) is 4.58. The van der Waals surface area contributed by atoms with E-state index in [1.807, 2.05) is 22.4 Å². The van der Waals surface area contributed by atoms with Crippen LogP contribution < -0.4 is 5.73 Å². The summed E-state index contributed by atoms with van der Waals surface area (Å²) < 4.78 is 1.06. The first kappa shape index (κ1) is 21.5. The third kappa shape index (κ3) is 4.63. The van der Waals surface area contributed by atoms with E-state index in [1.165, 1.54) is 5.56 Å². The predicted molar refractivity (Wildman–Crippen MR) is 123 cm³/mol. The Morgan fingerprint density at radius 1 is 1.13 bits per heavy atom. The number of carbonyl (C=O) groups is 2. The van der Waals surface area contributed by atoms with Crippen molar-refractivity contribution in [2.24, 2.45) is 11.1 Å². The lowest BCUT2D eigenvalue weighted by molar-refractivity contribution is -0.138. The SMILES string of the molecule is NC(=O)c1ccsc1[CH]CCN1CCC2(CC1)CCN(Cc1ccc(Br)cc1)C2=O. The van der Waals surface area contributed by atoms with Gasteiger partial charge >= 0.3 is 0 Å². The summed E-state index contributed by atoms with van der Waals surface area (Å²) in [6, 6.07) is 10.0. The molecule has 1 spiro atoms. The minimum Gasteiger partial charge on any atom is -0.366 e. The lowest BCUT2D eigenvalue weighted by Gasteiger charge is -2.38. The highest BCUT2D eigenvalue weighted by atomic mass is 79.9. The van der Waals surface area contributed by atoms with Crippen LogP contribution in [0.5, 0.6) is 0 Å². The van der Waals surface area contributed by atoms with E-state index in [0.717, 1.165) is 61.2 Å². The van der Waals surface area contributed by atoms with Crippen LogP contribution in [0, 0.1) is 11.8 Å². The number of nitrogens with zero attached hydrogens (tertiary/aromatic N) is 2. The number of primary amides is 1. The van der Waals surface area contributed by atoms with Gasteiger partial charge in [0, 0.05) is 28.9 Å². The lowest BCUT2D eigenvalue weighted by atomic mass is 9.77. The molecule has 0 atom stereocenters. The first-order chi connectivity index (χ1) is 14.5. The van der Waals surface area contributed by atoms with E-state index in [0.29, 0.717) is 18.0 Å². The summed E-state index contributed by atoms with van der Waals surface area (Å²) >= 11 is 5.02. The number of hydrogen-bond acceptors (Lipinski definition) is 4. The summed E-state index contributed by atoms with van der Waals surface area (Å²) in [4.78, 5) is 30.1. The van der Waals surface area contributed by atoms with Crippen LogP contribution in [0.3, 0.4) is 0 Å². The summed E-state index contributed by atoms with van der Waals surface area (Å²) in [7, 11) is 0. The van der Waals surface area contributed by atoms with Gasteiger partial charge in [-0.1, -0.05) is 28.1 Å². The van der Waals surface area contributed by atoms with Gasteiger partial charge in [-0.2, -0.15) is 0 Å². The van der Waals surface area contributed by atoms with Crippen molar-refractivity contribution in [3.05, 3.63) is 62.6 Å². The van der Waals surface area contributed by atoms with E-state index >= 15 is 0 Å². The van der Waals surface area contributed by atoms with Crippen molar-refractivity contribution in [2.45, 2.75) is 32.2 Å². The van der Waals surface area contributed by atoms with Gasteiger partial charge in [-0.25, -0.2) is 0 Å². The number of rotatable bonds is 7. The van der Waals surface area contributed by atoms with Gasteiger partial charge in [0.2, 0.25) is 11.8 Å². The largest absolute Gasteiger partial charge is 0.366 e. The average Bonchev–Trinajstić information content (AvgIpc) is 3.32. The Bertz CT molecular complexity index is 903. The van der Waals surface area contributed by atoms with Gasteiger partial charge in [0.1, 0.15) is 0 Å². The maximum atomic E-state index is 13.2. The molecule has 7 heteroatoms. The predicted octanol–water partition coefficient (Wildman–Crippen LogP) is 4.07. The van der Waals surface area contributed by atoms with Crippen LogP contribution >= 0.6 is 27.3 Å². The molecule has 2 saturated heterocycles. The Hall–Kier alpha value is -1.70. The van der Waals surface area contributed by atoms with Crippen molar-refractivity contribution in [3.63, 3.8) is 0 Å². The molecule has 5 nitrogen and oxygen atoms in total. The van der Waals surface area contributed by atoms with Crippen LogP contribution in [0.15, 0.2) is 40.2 Å². The van der Waals surface area contributed by atoms with Crippen molar-refractivity contribution >= 4 is 39.1 Å². The highest BCUT2D eigenvalue weighted by Gasteiger charge is 2.47. The summed E-state index contributed by atoms with van der Waals surface area (Å²) in [6.45, 7) is 4.42. The van der Waals surface area contributed by atoms with E-state index < -0.39 is 0 Å². The average molecular weight is 489 g/mol. The van der Waals surface area contributed by atoms with Crippen molar-refractivity contribution in [2.75, 3.05) is 26.2 Å². The molecule has 2 amide bonds. The number of amides is 2. The Morgan fingerprint density at radius 2 is 1.83 bits per heavy atom. The summed E-state index contributed by atoms with van der Waals surface area (Å²) in [5.74, 6) is -0.0313. The maximum Gasteiger partial charge on any atom is 0.249 e. The molecule has 1 radical (unpaired) electrons.